The number of carbonyl (C=O) groups excluding carboxylic acids is 1. The highest BCUT2D eigenvalue weighted by atomic mass is 19.1. The van der Waals surface area contributed by atoms with E-state index in [-0.39, 0.29) is 11.6 Å². The Bertz CT molecular complexity index is 613. The van der Waals surface area contributed by atoms with Crippen molar-refractivity contribution < 1.29 is 13.9 Å². The summed E-state index contributed by atoms with van der Waals surface area (Å²) >= 11 is 0. The molecule has 0 saturated carbocycles. The molecule has 2 aromatic carbocycles. The Morgan fingerprint density at radius 2 is 1.57 bits per heavy atom. The van der Waals surface area contributed by atoms with Crippen LogP contribution in [0, 0.1) is 5.82 Å². The van der Waals surface area contributed by atoms with E-state index >= 15 is 0 Å². The van der Waals surface area contributed by atoms with E-state index in [1.807, 2.05) is 30.3 Å². The van der Waals surface area contributed by atoms with E-state index in [0.29, 0.717) is 31.6 Å². The summed E-state index contributed by atoms with van der Waals surface area (Å²) < 4.78 is 18.5. The van der Waals surface area contributed by atoms with Gasteiger partial charge >= 0.3 is 0 Å². The SMILES string of the molecule is O=C(c1ccc(F)cc1)C1(c2ccccc2)CCOCC1. The summed E-state index contributed by atoms with van der Waals surface area (Å²) in [6, 6.07) is 15.6. The third kappa shape index (κ3) is 2.61. The highest BCUT2D eigenvalue weighted by Crippen LogP contribution is 2.38. The minimum atomic E-state index is -0.558. The zero-order valence-electron chi connectivity index (χ0n) is 11.7. The van der Waals surface area contributed by atoms with Crippen LogP contribution in [0.4, 0.5) is 4.39 Å². The predicted octanol–water partition coefficient (Wildman–Crippen LogP) is 3.76. The highest BCUT2D eigenvalue weighted by molar-refractivity contribution is 6.04. The van der Waals surface area contributed by atoms with Crippen LogP contribution < -0.4 is 0 Å². The summed E-state index contributed by atoms with van der Waals surface area (Å²) in [7, 11) is 0. The molecule has 1 heterocycles. The minimum absolute atomic E-state index is 0.0528. The van der Waals surface area contributed by atoms with Gasteiger partial charge in [-0.3, -0.25) is 4.79 Å². The van der Waals surface area contributed by atoms with Crippen molar-refractivity contribution in [1.29, 1.82) is 0 Å². The zero-order chi connectivity index (χ0) is 14.7. The van der Waals surface area contributed by atoms with Crippen molar-refractivity contribution in [2.45, 2.75) is 18.3 Å². The summed E-state index contributed by atoms with van der Waals surface area (Å²) in [6.45, 7) is 1.14. The van der Waals surface area contributed by atoms with Gasteiger partial charge in [-0.25, -0.2) is 4.39 Å². The molecule has 1 saturated heterocycles. The van der Waals surface area contributed by atoms with Crippen molar-refractivity contribution in [2.75, 3.05) is 13.2 Å². The number of rotatable bonds is 3. The van der Waals surface area contributed by atoms with Gasteiger partial charge in [0.1, 0.15) is 5.82 Å². The molecule has 0 atom stereocenters. The molecule has 0 bridgehead atoms. The Balaban J connectivity index is 2.03. The van der Waals surface area contributed by atoms with Gasteiger partial charge in [0.25, 0.3) is 0 Å². The molecule has 0 amide bonds. The van der Waals surface area contributed by atoms with Crippen LogP contribution in [0.15, 0.2) is 54.6 Å². The maximum atomic E-state index is 13.1. The van der Waals surface area contributed by atoms with Gasteiger partial charge in [0.15, 0.2) is 5.78 Å². The molecular weight excluding hydrogens is 267 g/mol. The maximum absolute atomic E-state index is 13.1. The van der Waals surface area contributed by atoms with E-state index in [2.05, 4.69) is 0 Å². The number of halogens is 1. The lowest BCUT2D eigenvalue weighted by Crippen LogP contribution is -2.41. The summed E-state index contributed by atoms with van der Waals surface area (Å²) in [6.07, 6.45) is 1.32. The minimum Gasteiger partial charge on any atom is -0.381 e. The third-order valence-corrected chi connectivity index (χ3v) is 4.21. The molecule has 0 N–H and O–H groups in total. The van der Waals surface area contributed by atoms with E-state index in [1.54, 1.807) is 12.1 Å². The lowest BCUT2D eigenvalue weighted by molar-refractivity contribution is 0.0424. The molecule has 1 fully saturated rings. The first kappa shape index (κ1) is 14.0. The van der Waals surface area contributed by atoms with Crippen molar-refractivity contribution >= 4 is 5.78 Å². The molecule has 0 spiro atoms. The average molecular weight is 284 g/mol. The molecule has 21 heavy (non-hydrogen) atoms. The van der Waals surface area contributed by atoms with Gasteiger partial charge in [-0.2, -0.15) is 0 Å². The molecule has 2 aromatic rings. The lowest BCUT2D eigenvalue weighted by atomic mass is 9.69. The topological polar surface area (TPSA) is 26.3 Å². The molecule has 0 radical (unpaired) electrons. The molecular formula is C18H17FO2. The van der Waals surface area contributed by atoms with Crippen LogP contribution in [0.3, 0.4) is 0 Å². The molecule has 108 valence electrons. The van der Waals surface area contributed by atoms with Gasteiger partial charge in [0.2, 0.25) is 0 Å². The zero-order valence-corrected chi connectivity index (χ0v) is 11.7. The third-order valence-electron chi connectivity index (χ3n) is 4.21. The Morgan fingerprint density at radius 1 is 0.952 bits per heavy atom. The van der Waals surface area contributed by atoms with E-state index in [9.17, 15) is 9.18 Å². The van der Waals surface area contributed by atoms with Gasteiger partial charge in [-0.05, 0) is 42.7 Å². The lowest BCUT2D eigenvalue weighted by Gasteiger charge is -2.36. The van der Waals surface area contributed by atoms with Crippen molar-refractivity contribution in [3.05, 3.63) is 71.5 Å². The van der Waals surface area contributed by atoms with Gasteiger partial charge in [0.05, 0.1) is 5.41 Å². The predicted molar refractivity (Wildman–Crippen MR) is 78.9 cm³/mol. The molecule has 1 aliphatic heterocycles. The van der Waals surface area contributed by atoms with Crippen molar-refractivity contribution in [3.63, 3.8) is 0 Å². The van der Waals surface area contributed by atoms with Crippen molar-refractivity contribution in [3.8, 4) is 0 Å². The van der Waals surface area contributed by atoms with Crippen LogP contribution in [-0.2, 0) is 10.2 Å². The molecule has 3 heteroatoms. The van der Waals surface area contributed by atoms with Crippen molar-refractivity contribution in [2.24, 2.45) is 0 Å². The standard InChI is InChI=1S/C18H17FO2/c19-16-8-6-14(7-9-16)17(20)18(10-12-21-13-11-18)15-4-2-1-3-5-15/h1-9H,10-13H2. The Kier molecular flexibility index (Phi) is 3.84. The Labute approximate surface area is 123 Å². The summed E-state index contributed by atoms with van der Waals surface area (Å²) in [5.74, 6) is -0.274. The largest absolute Gasteiger partial charge is 0.381 e. The van der Waals surface area contributed by atoms with Gasteiger partial charge in [0, 0.05) is 18.8 Å². The van der Waals surface area contributed by atoms with E-state index in [1.165, 1.54) is 12.1 Å². The summed E-state index contributed by atoms with van der Waals surface area (Å²) in [4.78, 5) is 13.1. The number of benzene rings is 2. The normalized spacial score (nSPS) is 17.4. The first-order valence-electron chi connectivity index (χ1n) is 7.16. The summed E-state index contributed by atoms with van der Waals surface area (Å²) in [5.41, 5.74) is 1.02. The van der Waals surface area contributed by atoms with Crippen LogP contribution in [0.1, 0.15) is 28.8 Å². The van der Waals surface area contributed by atoms with E-state index < -0.39 is 5.41 Å². The van der Waals surface area contributed by atoms with Crippen LogP contribution in [-0.4, -0.2) is 19.0 Å². The first-order chi connectivity index (χ1) is 10.2. The summed E-state index contributed by atoms with van der Waals surface area (Å²) in [5, 5.41) is 0. The maximum Gasteiger partial charge on any atom is 0.173 e. The fourth-order valence-electron chi connectivity index (χ4n) is 3.00. The molecule has 3 rings (SSSR count). The van der Waals surface area contributed by atoms with Crippen LogP contribution >= 0.6 is 0 Å². The van der Waals surface area contributed by atoms with E-state index in [0.717, 1.165) is 5.56 Å². The fraction of sp³-hybridized carbons (Fsp3) is 0.278. The van der Waals surface area contributed by atoms with Crippen LogP contribution in [0.5, 0.6) is 0 Å². The van der Waals surface area contributed by atoms with Gasteiger partial charge < -0.3 is 4.74 Å². The monoisotopic (exact) mass is 284 g/mol. The number of Topliss-reactive ketones (excluding diaryl/α,β-unsaturated/α-hetero) is 1. The van der Waals surface area contributed by atoms with E-state index in [4.69, 9.17) is 4.74 Å². The highest BCUT2D eigenvalue weighted by Gasteiger charge is 2.41. The Morgan fingerprint density at radius 3 is 2.19 bits per heavy atom. The smallest absolute Gasteiger partial charge is 0.173 e. The first-order valence-corrected chi connectivity index (χ1v) is 7.16. The second-order valence-corrected chi connectivity index (χ2v) is 5.40. The number of carbonyl (C=O) groups is 1. The van der Waals surface area contributed by atoms with Crippen molar-refractivity contribution in [1.82, 2.24) is 0 Å². The number of hydrogen-bond acceptors (Lipinski definition) is 2. The average Bonchev–Trinajstić information content (AvgIpc) is 2.56. The fourth-order valence-corrected chi connectivity index (χ4v) is 3.00. The quantitative estimate of drug-likeness (QED) is 0.802. The second-order valence-electron chi connectivity index (χ2n) is 5.40. The van der Waals surface area contributed by atoms with Crippen LogP contribution in [0.25, 0.3) is 0 Å². The molecule has 2 nitrogen and oxygen atoms in total. The van der Waals surface area contributed by atoms with Gasteiger partial charge in [-0.15, -0.1) is 0 Å². The Hall–Kier alpha value is -2.00. The number of ether oxygens (including phenoxy) is 1. The number of hydrogen-bond donors (Lipinski definition) is 0. The number of ketones is 1. The van der Waals surface area contributed by atoms with Gasteiger partial charge in [-0.1, -0.05) is 30.3 Å². The molecule has 0 aromatic heterocycles. The molecule has 0 aliphatic carbocycles. The molecule has 0 unspecified atom stereocenters. The van der Waals surface area contributed by atoms with Crippen LogP contribution in [0.2, 0.25) is 0 Å². The second kappa shape index (κ2) is 5.78. The molecule has 1 aliphatic rings.